The summed E-state index contributed by atoms with van der Waals surface area (Å²) in [5.41, 5.74) is 1.30. The van der Waals surface area contributed by atoms with Gasteiger partial charge in [-0.05, 0) is 49.4 Å². The molecule has 0 spiro atoms. The Labute approximate surface area is 114 Å². The predicted octanol–water partition coefficient (Wildman–Crippen LogP) is 3.98. The monoisotopic (exact) mass is 274 g/mol. The van der Waals surface area contributed by atoms with E-state index in [0.29, 0.717) is 22.6 Å². The number of rotatable bonds is 3. The molecule has 0 unspecified atom stereocenters. The Morgan fingerprint density at radius 1 is 1.05 bits per heavy atom. The van der Waals surface area contributed by atoms with E-state index in [4.69, 9.17) is 4.74 Å². The number of aromatic amines is 1. The third kappa shape index (κ3) is 2.47. The van der Waals surface area contributed by atoms with Gasteiger partial charge in [0.15, 0.2) is 6.10 Å². The second-order valence-electron chi connectivity index (χ2n) is 4.50. The first-order valence-corrected chi connectivity index (χ1v) is 6.19. The van der Waals surface area contributed by atoms with Gasteiger partial charge in [0.25, 0.3) is 0 Å². The van der Waals surface area contributed by atoms with E-state index in [1.807, 2.05) is 6.92 Å². The Morgan fingerprint density at radius 3 is 2.50 bits per heavy atom. The van der Waals surface area contributed by atoms with Gasteiger partial charge in [0, 0.05) is 0 Å². The minimum atomic E-state index is -0.351. The predicted molar refractivity (Wildman–Crippen MR) is 71.5 cm³/mol. The summed E-state index contributed by atoms with van der Waals surface area (Å²) < 4.78 is 31.6. The molecule has 3 aromatic rings. The Hall–Kier alpha value is -2.43. The molecule has 5 heteroatoms. The summed E-state index contributed by atoms with van der Waals surface area (Å²) in [6, 6.07) is 10.1. The number of benzene rings is 2. The van der Waals surface area contributed by atoms with Crippen LogP contribution in [0.5, 0.6) is 5.75 Å². The highest BCUT2D eigenvalue weighted by Gasteiger charge is 2.13. The highest BCUT2D eigenvalue weighted by molar-refractivity contribution is 5.75. The molecule has 3 nitrogen and oxygen atoms in total. The van der Waals surface area contributed by atoms with Crippen molar-refractivity contribution < 1.29 is 13.5 Å². The van der Waals surface area contributed by atoms with Crippen molar-refractivity contribution in [1.82, 2.24) is 9.97 Å². The SMILES string of the molecule is C[C@H](Oc1ccc(F)cc1)c1nc2ccc(F)cc2[nH]1. The van der Waals surface area contributed by atoms with Crippen LogP contribution in [0.4, 0.5) is 8.78 Å². The van der Waals surface area contributed by atoms with Gasteiger partial charge in [-0.3, -0.25) is 0 Å². The number of halogens is 2. The number of hydrogen-bond donors (Lipinski definition) is 1. The Morgan fingerprint density at radius 2 is 1.75 bits per heavy atom. The van der Waals surface area contributed by atoms with E-state index in [9.17, 15) is 8.78 Å². The summed E-state index contributed by atoms with van der Waals surface area (Å²) in [4.78, 5) is 7.36. The van der Waals surface area contributed by atoms with Crippen molar-refractivity contribution in [3.05, 3.63) is 59.9 Å². The van der Waals surface area contributed by atoms with Crippen molar-refractivity contribution in [3.8, 4) is 5.75 Å². The lowest BCUT2D eigenvalue weighted by Crippen LogP contribution is -2.04. The van der Waals surface area contributed by atoms with Gasteiger partial charge >= 0.3 is 0 Å². The molecule has 1 aromatic heterocycles. The second kappa shape index (κ2) is 4.92. The average molecular weight is 274 g/mol. The number of imidazole rings is 1. The van der Waals surface area contributed by atoms with E-state index in [-0.39, 0.29) is 17.7 Å². The lowest BCUT2D eigenvalue weighted by atomic mass is 10.3. The summed E-state index contributed by atoms with van der Waals surface area (Å²) in [5, 5.41) is 0. The quantitative estimate of drug-likeness (QED) is 0.784. The van der Waals surface area contributed by atoms with E-state index in [1.165, 1.54) is 24.3 Å². The number of nitrogens with one attached hydrogen (secondary N) is 1. The average Bonchev–Trinajstić information content (AvgIpc) is 2.84. The second-order valence-corrected chi connectivity index (χ2v) is 4.50. The van der Waals surface area contributed by atoms with E-state index in [1.54, 1.807) is 18.2 Å². The maximum atomic E-state index is 13.1. The Balaban J connectivity index is 1.84. The van der Waals surface area contributed by atoms with Gasteiger partial charge in [0.2, 0.25) is 0 Å². The molecule has 1 atom stereocenters. The zero-order chi connectivity index (χ0) is 14.1. The molecule has 3 rings (SSSR count). The molecule has 102 valence electrons. The first-order valence-electron chi connectivity index (χ1n) is 6.19. The van der Waals surface area contributed by atoms with E-state index >= 15 is 0 Å². The number of aromatic nitrogens is 2. The van der Waals surface area contributed by atoms with Crippen LogP contribution in [0.2, 0.25) is 0 Å². The minimum Gasteiger partial charge on any atom is -0.483 e. The van der Waals surface area contributed by atoms with Crippen LogP contribution in [0.1, 0.15) is 18.9 Å². The molecule has 20 heavy (non-hydrogen) atoms. The smallest absolute Gasteiger partial charge is 0.153 e. The first kappa shape index (κ1) is 12.6. The van der Waals surface area contributed by atoms with Gasteiger partial charge < -0.3 is 9.72 Å². The summed E-state index contributed by atoms with van der Waals surface area (Å²) in [5.74, 6) is 0.504. The summed E-state index contributed by atoms with van der Waals surface area (Å²) in [6.07, 6.45) is -0.351. The largest absolute Gasteiger partial charge is 0.483 e. The van der Waals surface area contributed by atoms with Crippen molar-refractivity contribution >= 4 is 11.0 Å². The van der Waals surface area contributed by atoms with Gasteiger partial charge in [-0.15, -0.1) is 0 Å². The Kier molecular flexibility index (Phi) is 3.10. The summed E-state index contributed by atoms with van der Waals surface area (Å²) in [7, 11) is 0. The van der Waals surface area contributed by atoms with Crippen molar-refractivity contribution in [3.63, 3.8) is 0 Å². The van der Waals surface area contributed by atoms with Crippen LogP contribution >= 0.6 is 0 Å². The van der Waals surface area contributed by atoms with Crippen molar-refractivity contribution in [2.75, 3.05) is 0 Å². The van der Waals surface area contributed by atoms with Crippen molar-refractivity contribution in [2.24, 2.45) is 0 Å². The zero-order valence-electron chi connectivity index (χ0n) is 10.7. The van der Waals surface area contributed by atoms with Crippen LogP contribution in [-0.4, -0.2) is 9.97 Å². The molecule has 0 aliphatic rings. The third-order valence-electron chi connectivity index (χ3n) is 2.97. The lowest BCUT2D eigenvalue weighted by molar-refractivity contribution is 0.217. The molecule has 0 saturated carbocycles. The van der Waals surface area contributed by atoms with Gasteiger partial charge in [-0.1, -0.05) is 0 Å². The molecule has 0 aliphatic heterocycles. The molecular formula is C15H12F2N2O. The fourth-order valence-electron chi connectivity index (χ4n) is 1.97. The standard InChI is InChI=1S/C15H12F2N2O/c1-9(20-12-5-2-10(16)3-6-12)15-18-13-7-4-11(17)8-14(13)19-15/h2-9H,1H3,(H,18,19)/t9-/m0/s1. The highest BCUT2D eigenvalue weighted by Crippen LogP contribution is 2.22. The Bertz CT molecular complexity index is 737. The minimum absolute atomic E-state index is 0.316. The topological polar surface area (TPSA) is 37.9 Å². The normalized spacial score (nSPS) is 12.6. The van der Waals surface area contributed by atoms with E-state index in [2.05, 4.69) is 9.97 Å². The van der Waals surface area contributed by atoms with Crippen LogP contribution in [0.15, 0.2) is 42.5 Å². The number of fused-ring (bicyclic) bond motifs is 1. The van der Waals surface area contributed by atoms with E-state index in [0.717, 1.165) is 0 Å². The van der Waals surface area contributed by atoms with Gasteiger partial charge in [0.1, 0.15) is 23.2 Å². The van der Waals surface area contributed by atoms with Crippen LogP contribution in [-0.2, 0) is 0 Å². The number of ether oxygens (including phenoxy) is 1. The molecule has 2 aromatic carbocycles. The summed E-state index contributed by atoms with van der Waals surface area (Å²) in [6.45, 7) is 1.82. The molecule has 0 bridgehead atoms. The first-order chi connectivity index (χ1) is 9.61. The molecular weight excluding hydrogens is 262 g/mol. The maximum absolute atomic E-state index is 13.1. The van der Waals surface area contributed by atoms with Crippen LogP contribution in [0.25, 0.3) is 11.0 Å². The molecule has 0 fully saturated rings. The van der Waals surface area contributed by atoms with Gasteiger partial charge in [0.05, 0.1) is 11.0 Å². The molecule has 0 saturated heterocycles. The number of nitrogens with zero attached hydrogens (tertiary/aromatic N) is 1. The van der Waals surface area contributed by atoms with Gasteiger partial charge in [-0.25, -0.2) is 13.8 Å². The summed E-state index contributed by atoms with van der Waals surface area (Å²) >= 11 is 0. The van der Waals surface area contributed by atoms with Crippen molar-refractivity contribution in [1.29, 1.82) is 0 Å². The fourth-order valence-corrected chi connectivity index (χ4v) is 1.97. The van der Waals surface area contributed by atoms with Crippen LogP contribution in [0.3, 0.4) is 0 Å². The molecule has 0 amide bonds. The molecule has 1 heterocycles. The van der Waals surface area contributed by atoms with Crippen LogP contribution < -0.4 is 4.74 Å². The van der Waals surface area contributed by atoms with Crippen molar-refractivity contribution in [2.45, 2.75) is 13.0 Å². The number of hydrogen-bond acceptors (Lipinski definition) is 2. The van der Waals surface area contributed by atoms with Gasteiger partial charge in [-0.2, -0.15) is 0 Å². The zero-order valence-corrected chi connectivity index (χ0v) is 10.7. The molecule has 1 N–H and O–H groups in total. The number of H-pyrrole nitrogens is 1. The van der Waals surface area contributed by atoms with Crippen LogP contribution in [0, 0.1) is 11.6 Å². The van der Waals surface area contributed by atoms with E-state index < -0.39 is 0 Å². The molecule has 0 aliphatic carbocycles. The third-order valence-corrected chi connectivity index (χ3v) is 2.97. The highest BCUT2D eigenvalue weighted by atomic mass is 19.1. The lowest BCUT2D eigenvalue weighted by Gasteiger charge is -2.12. The molecule has 0 radical (unpaired) electrons. The maximum Gasteiger partial charge on any atom is 0.153 e. The fraction of sp³-hybridized carbons (Fsp3) is 0.133.